The molecule has 2 aliphatic carbocycles. The second-order valence-electron chi connectivity index (χ2n) is 9.61. The van der Waals surface area contributed by atoms with Crippen LogP contribution in [-0.4, -0.2) is 27.4 Å². The van der Waals surface area contributed by atoms with Crippen molar-refractivity contribution >= 4 is 5.95 Å². The summed E-state index contributed by atoms with van der Waals surface area (Å²) in [7, 11) is 0. The van der Waals surface area contributed by atoms with Crippen molar-refractivity contribution < 1.29 is 4.74 Å². The van der Waals surface area contributed by atoms with Gasteiger partial charge in [-0.15, -0.1) is 10.2 Å². The highest BCUT2D eigenvalue weighted by atomic mass is 16.5. The number of nitriles is 1. The summed E-state index contributed by atoms with van der Waals surface area (Å²) in [5.74, 6) is 4.43. The van der Waals surface area contributed by atoms with E-state index >= 15 is 0 Å². The van der Waals surface area contributed by atoms with Gasteiger partial charge in [0.1, 0.15) is 12.4 Å². The molecule has 0 amide bonds. The van der Waals surface area contributed by atoms with Crippen LogP contribution in [0.2, 0.25) is 0 Å². The maximum Gasteiger partial charge on any atom is 0.227 e. The van der Waals surface area contributed by atoms with Crippen LogP contribution < -0.4 is 9.64 Å². The monoisotopic (exact) mass is 419 g/mol. The fourth-order valence-corrected chi connectivity index (χ4v) is 5.29. The molecule has 3 fully saturated rings. The molecule has 1 unspecified atom stereocenters. The second kappa shape index (κ2) is 9.30. The van der Waals surface area contributed by atoms with Crippen LogP contribution in [0.4, 0.5) is 5.95 Å². The quantitative estimate of drug-likeness (QED) is 0.567. The predicted octanol–water partition coefficient (Wildman–Crippen LogP) is 5.08. The van der Waals surface area contributed by atoms with E-state index in [2.05, 4.69) is 25.7 Å². The largest absolute Gasteiger partial charge is 0.486 e. The van der Waals surface area contributed by atoms with Crippen LogP contribution in [0.5, 0.6) is 5.75 Å². The van der Waals surface area contributed by atoms with E-state index in [1.165, 1.54) is 64.2 Å². The summed E-state index contributed by atoms with van der Waals surface area (Å²) < 4.78 is 8.33. The van der Waals surface area contributed by atoms with Crippen LogP contribution >= 0.6 is 0 Å². The molecule has 1 saturated heterocycles. The molecule has 1 atom stereocenters. The van der Waals surface area contributed by atoms with Gasteiger partial charge in [0.05, 0.1) is 11.6 Å². The Kier molecular flexibility index (Phi) is 6.11. The SMILES string of the molecule is N#Cc1ccc(OCc2nnc(N3CCCC3CCC3CCCC3)n2CC2CC2)cc1. The van der Waals surface area contributed by atoms with Gasteiger partial charge in [0.15, 0.2) is 5.82 Å². The summed E-state index contributed by atoms with van der Waals surface area (Å²) in [6.45, 7) is 2.50. The molecule has 2 saturated carbocycles. The molecule has 1 aliphatic heterocycles. The van der Waals surface area contributed by atoms with E-state index in [4.69, 9.17) is 10.00 Å². The average molecular weight is 420 g/mol. The van der Waals surface area contributed by atoms with Crippen molar-refractivity contribution in [1.82, 2.24) is 14.8 Å². The highest BCUT2D eigenvalue weighted by Gasteiger charge is 2.32. The predicted molar refractivity (Wildman–Crippen MR) is 120 cm³/mol. The summed E-state index contributed by atoms with van der Waals surface area (Å²) in [6.07, 6.45) is 13.5. The van der Waals surface area contributed by atoms with Gasteiger partial charge in [-0.25, -0.2) is 0 Å². The molecule has 0 radical (unpaired) electrons. The second-order valence-corrected chi connectivity index (χ2v) is 9.61. The van der Waals surface area contributed by atoms with Crippen molar-refractivity contribution in [3.05, 3.63) is 35.7 Å². The fraction of sp³-hybridized carbons (Fsp3) is 0.640. The van der Waals surface area contributed by atoms with Gasteiger partial charge < -0.3 is 9.64 Å². The van der Waals surface area contributed by atoms with Crippen molar-refractivity contribution in [1.29, 1.82) is 5.26 Å². The zero-order chi connectivity index (χ0) is 21.0. The topological polar surface area (TPSA) is 67.0 Å². The number of ether oxygens (including phenoxy) is 1. The summed E-state index contributed by atoms with van der Waals surface area (Å²) in [4.78, 5) is 2.54. The molecular formula is C25H33N5O. The number of rotatable bonds is 9. The maximum atomic E-state index is 8.97. The first-order valence-corrected chi connectivity index (χ1v) is 12.1. The third kappa shape index (κ3) is 4.87. The molecule has 1 aromatic heterocycles. The number of benzene rings is 1. The van der Waals surface area contributed by atoms with Crippen molar-refractivity contribution in [2.45, 2.75) is 83.4 Å². The van der Waals surface area contributed by atoms with Crippen molar-refractivity contribution in [2.24, 2.45) is 11.8 Å². The third-order valence-corrected chi connectivity index (χ3v) is 7.31. The summed E-state index contributed by atoms with van der Waals surface area (Å²) in [5, 5.41) is 18.2. The molecule has 31 heavy (non-hydrogen) atoms. The van der Waals surface area contributed by atoms with Gasteiger partial charge in [-0.1, -0.05) is 25.7 Å². The van der Waals surface area contributed by atoms with Crippen LogP contribution in [0.1, 0.15) is 75.6 Å². The molecule has 1 aromatic carbocycles. The van der Waals surface area contributed by atoms with Crippen LogP contribution in [0, 0.1) is 23.2 Å². The zero-order valence-corrected chi connectivity index (χ0v) is 18.4. The van der Waals surface area contributed by atoms with Crippen LogP contribution in [0.15, 0.2) is 24.3 Å². The lowest BCUT2D eigenvalue weighted by Crippen LogP contribution is -2.32. The van der Waals surface area contributed by atoms with E-state index < -0.39 is 0 Å². The van der Waals surface area contributed by atoms with E-state index in [-0.39, 0.29) is 0 Å². The lowest BCUT2D eigenvalue weighted by atomic mass is 9.97. The molecule has 6 nitrogen and oxygen atoms in total. The van der Waals surface area contributed by atoms with Gasteiger partial charge in [0.25, 0.3) is 0 Å². The van der Waals surface area contributed by atoms with E-state index in [0.717, 1.165) is 42.4 Å². The van der Waals surface area contributed by atoms with E-state index in [0.29, 0.717) is 18.2 Å². The number of hydrogen-bond donors (Lipinski definition) is 0. The minimum absolute atomic E-state index is 0.409. The molecule has 0 N–H and O–H groups in total. The van der Waals surface area contributed by atoms with Crippen LogP contribution in [0.25, 0.3) is 0 Å². The first-order chi connectivity index (χ1) is 15.3. The number of nitrogens with zero attached hydrogens (tertiary/aromatic N) is 5. The van der Waals surface area contributed by atoms with Crippen LogP contribution in [-0.2, 0) is 13.2 Å². The Morgan fingerprint density at radius 2 is 1.74 bits per heavy atom. The van der Waals surface area contributed by atoms with E-state index in [1.807, 2.05) is 12.1 Å². The first kappa shape index (κ1) is 20.4. The Hall–Kier alpha value is -2.55. The number of anilines is 1. The first-order valence-electron chi connectivity index (χ1n) is 12.1. The van der Waals surface area contributed by atoms with Crippen LogP contribution in [0.3, 0.4) is 0 Å². The number of hydrogen-bond acceptors (Lipinski definition) is 5. The molecule has 3 aliphatic rings. The Bertz CT molecular complexity index is 905. The average Bonchev–Trinajstić information content (AvgIpc) is 3.17. The lowest BCUT2D eigenvalue weighted by molar-refractivity contribution is 0.288. The Morgan fingerprint density at radius 1 is 0.935 bits per heavy atom. The van der Waals surface area contributed by atoms with Gasteiger partial charge >= 0.3 is 0 Å². The smallest absolute Gasteiger partial charge is 0.227 e. The highest BCUT2D eigenvalue weighted by molar-refractivity contribution is 5.36. The Morgan fingerprint density at radius 3 is 2.48 bits per heavy atom. The molecule has 0 bridgehead atoms. The molecule has 164 valence electrons. The van der Waals surface area contributed by atoms with E-state index in [9.17, 15) is 0 Å². The summed E-state index contributed by atoms with van der Waals surface area (Å²) in [6, 6.07) is 10.0. The molecule has 5 rings (SSSR count). The normalized spacial score (nSPS) is 21.5. The summed E-state index contributed by atoms with van der Waals surface area (Å²) in [5.41, 5.74) is 0.643. The van der Waals surface area contributed by atoms with E-state index in [1.54, 1.807) is 12.1 Å². The molecule has 2 aromatic rings. The third-order valence-electron chi connectivity index (χ3n) is 7.31. The minimum atomic E-state index is 0.409. The minimum Gasteiger partial charge on any atom is -0.486 e. The molecule has 0 spiro atoms. The van der Waals surface area contributed by atoms with Crippen molar-refractivity contribution in [3.8, 4) is 11.8 Å². The van der Waals surface area contributed by atoms with Gasteiger partial charge in [-0.05, 0) is 74.6 Å². The standard InChI is InChI=1S/C25H33N5O/c26-16-20-10-13-23(14-11-20)31-18-24-27-28-25(30(24)17-21-7-8-21)29-15-3-6-22(29)12-9-19-4-1-2-5-19/h10-11,13-14,19,21-22H,1-9,12,15,17-18H2. The Labute approximate surface area is 185 Å². The lowest BCUT2D eigenvalue weighted by Gasteiger charge is -2.27. The van der Waals surface area contributed by atoms with Gasteiger partial charge in [-0.2, -0.15) is 5.26 Å². The molecular weight excluding hydrogens is 386 g/mol. The highest BCUT2D eigenvalue weighted by Crippen LogP contribution is 2.36. The van der Waals surface area contributed by atoms with Gasteiger partial charge in [-0.3, -0.25) is 4.57 Å². The fourth-order valence-electron chi connectivity index (χ4n) is 5.29. The zero-order valence-electron chi connectivity index (χ0n) is 18.4. The molecule has 6 heteroatoms. The van der Waals surface area contributed by atoms with Gasteiger partial charge in [0, 0.05) is 19.1 Å². The Balaban J connectivity index is 1.28. The number of aromatic nitrogens is 3. The maximum absolute atomic E-state index is 8.97. The molecule has 2 heterocycles. The van der Waals surface area contributed by atoms with Gasteiger partial charge in [0.2, 0.25) is 5.95 Å². The van der Waals surface area contributed by atoms with Crippen molar-refractivity contribution in [2.75, 3.05) is 11.4 Å². The van der Waals surface area contributed by atoms with Crippen molar-refractivity contribution in [3.63, 3.8) is 0 Å². The summed E-state index contributed by atoms with van der Waals surface area (Å²) >= 11 is 0.